The fourth-order valence-electron chi connectivity index (χ4n) is 2.53. The molecular formula is C17H21F3N2O2. The number of carbonyl (C=O) groups is 1. The number of hydrogen-bond acceptors (Lipinski definition) is 3. The molecule has 1 heterocycles. The Hall–Kier alpha value is -2.18. The summed E-state index contributed by atoms with van der Waals surface area (Å²) in [7, 11) is 0. The summed E-state index contributed by atoms with van der Waals surface area (Å²) in [6, 6.07) is 5.17. The predicted octanol–water partition coefficient (Wildman–Crippen LogP) is 3.66. The van der Waals surface area contributed by atoms with Crippen LogP contribution in [0.5, 0.6) is 0 Å². The zero-order chi connectivity index (χ0) is 17.7. The van der Waals surface area contributed by atoms with E-state index in [1.54, 1.807) is 24.0 Å². The number of anilines is 1. The largest absolute Gasteiger partial charge is 0.489 e. The van der Waals surface area contributed by atoms with Crippen molar-refractivity contribution < 1.29 is 22.7 Å². The average molecular weight is 342 g/mol. The minimum Gasteiger partial charge on any atom is -0.489 e. The van der Waals surface area contributed by atoms with E-state index < -0.39 is 11.7 Å². The Morgan fingerprint density at radius 3 is 2.79 bits per heavy atom. The topological polar surface area (TPSA) is 41.6 Å². The van der Waals surface area contributed by atoms with E-state index in [1.807, 2.05) is 6.92 Å². The lowest BCUT2D eigenvalue weighted by atomic mass is 10.1. The second kappa shape index (κ2) is 7.59. The molecule has 0 aliphatic carbocycles. The first-order valence-corrected chi connectivity index (χ1v) is 7.77. The number of amides is 1. The van der Waals surface area contributed by atoms with Crippen molar-refractivity contribution in [2.75, 3.05) is 25.0 Å². The van der Waals surface area contributed by atoms with Gasteiger partial charge in [-0.2, -0.15) is 13.2 Å². The van der Waals surface area contributed by atoms with Crippen LogP contribution in [0.2, 0.25) is 0 Å². The summed E-state index contributed by atoms with van der Waals surface area (Å²) in [6.07, 6.45) is -2.05. The summed E-state index contributed by atoms with van der Waals surface area (Å²) in [4.78, 5) is 13.7. The van der Waals surface area contributed by atoms with Gasteiger partial charge in [0.1, 0.15) is 0 Å². The number of likely N-dealkylation sites (tertiary alicyclic amines) is 1. The van der Waals surface area contributed by atoms with Crippen LogP contribution >= 0.6 is 0 Å². The van der Waals surface area contributed by atoms with Crippen molar-refractivity contribution in [3.63, 3.8) is 0 Å². The van der Waals surface area contributed by atoms with Crippen molar-refractivity contribution in [1.29, 1.82) is 0 Å². The Kier molecular flexibility index (Phi) is 5.75. The molecule has 1 N–H and O–H groups in total. The molecule has 0 bridgehead atoms. The minimum atomic E-state index is -4.41. The number of para-hydroxylation sites is 1. The standard InChI is InChI=1S/C17H21F3N2O2/c1-3-12(2)24-11-16(23)22-9-8-13(10-22)21-15-7-5-4-6-14(15)17(18,19)20/h3-7,13,21H,8-11H2,1-2H3/b12-3+/t13-/m1/s1. The van der Waals surface area contributed by atoms with E-state index in [1.165, 1.54) is 12.1 Å². The highest BCUT2D eigenvalue weighted by Crippen LogP contribution is 2.35. The first-order chi connectivity index (χ1) is 11.3. The number of nitrogens with zero attached hydrogens (tertiary/aromatic N) is 1. The highest BCUT2D eigenvalue weighted by Gasteiger charge is 2.34. The number of benzene rings is 1. The maximum absolute atomic E-state index is 13.0. The molecule has 1 saturated heterocycles. The van der Waals surface area contributed by atoms with Gasteiger partial charge in [-0.25, -0.2) is 0 Å². The second-order valence-corrected chi connectivity index (χ2v) is 5.70. The highest BCUT2D eigenvalue weighted by molar-refractivity contribution is 5.78. The zero-order valence-corrected chi connectivity index (χ0v) is 13.7. The average Bonchev–Trinajstić information content (AvgIpc) is 3.00. The van der Waals surface area contributed by atoms with Crippen LogP contribution in [0.25, 0.3) is 0 Å². The summed E-state index contributed by atoms with van der Waals surface area (Å²) < 4.78 is 44.3. The van der Waals surface area contributed by atoms with Gasteiger partial charge in [-0.3, -0.25) is 4.79 Å². The van der Waals surface area contributed by atoms with Crippen molar-refractivity contribution in [2.24, 2.45) is 0 Å². The predicted molar refractivity (Wildman–Crippen MR) is 85.4 cm³/mol. The van der Waals surface area contributed by atoms with Crippen molar-refractivity contribution in [3.8, 4) is 0 Å². The molecule has 0 spiro atoms. The maximum atomic E-state index is 13.0. The Morgan fingerprint density at radius 2 is 2.12 bits per heavy atom. The van der Waals surface area contributed by atoms with Gasteiger partial charge in [0, 0.05) is 24.8 Å². The van der Waals surface area contributed by atoms with Gasteiger partial charge in [0.25, 0.3) is 5.91 Å². The number of hydrogen-bond donors (Lipinski definition) is 1. The fourth-order valence-corrected chi connectivity index (χ4v) is 2.53. The first kappa shape index (κ1) is 18.2. The molecule has 1 amide bonds. The van der Waals surface area contributed by atoms with Crippen LogP contribution in [0.1, 0.15) is 25.8 Å². The molecule has 7 heteroatoms. The van der Waals surface area contributed by atoms with Crippen molar-refractivity contribution in [3.05, 3.63) is 41.7 Å². The van der Waals surface area contributed by atoms with Crippen LogP contribution in [0.3, 0.4) is 0 Å². The van der Waals surface area contributed by atoms with Crippen LogP contribution in [-0.2, 0) is 15.7 Å². The number of nitrogens with one attached hydrogen (secondary N) is 1. The van der Waals surface area contributed by atoms with Gasteiger partial charge in [-0.1, -0.05) is 12.1 Å². The van der Waals surface area contributed by atoms with Crippen LogP contribution in [0.4, 0.5) is 18.9 Å². The van der Waals surface area contributed by atoms with Gasteiger partial charge >= 0.3 is 6.18 Å². The molecular weight excluding hydrogens is 321 g/mol. The quantitative estimate of drug-likeness (QED) is 0.831. The molecule has 1 aliphatic rings. The Labute approximate surface area is 139 Å². The summed E-state index contributed by atoms with van der Waals surface area (Å²) in [5.74, 6) is 0.501. The first-order valence-electron chi connectivity index (χ1n) is 7.77. The molecule has 1 aromatic carbocycles. The van der Waals surface area contributed by atoms with Crippen molar-refractivity contribution >= 4 is 11.6 Å². The number of ether oxygens (including phenoxy) is 1. The molecule has 24 heavy (non-hydrogen) atoms. The number of rotatable bonds is 5. The minimum absolute atomic E-state index is 0.0466. The second-order valence-electron chi connectivity index (χ2n) is 5.70. The number of alkyl halides is 3. The van der Waals surface area contributed by atoms with Gasteiger partial charge in [0.15, 0.2) is 6.61 Å². The van der Waals surface area contributed by atoms with Crippen LogP contribution in [-0.4, -0.2) is 36.5 Å². The monoisotopic (exact) mass is 342 g/mol. The molecule has 0 unspecified atom stereocenters. The van der Waals surface area contributed by atoms with E-state index in [0.29, 0.717) is 25.3 Å². The van der Waals surface area contributed by atoms with Gasteiger partial charge in [0.05, 0.1) is 11.3 Å². The van der Waals surface area contributed by atoms with Gasteiger partial charge < -0.3 is 15.0 Å². The Balaban J connectivity index is 1.94. The van der Waals surface area contributed by atoms with Crippen LogP contribution < -0.4 is 5.32 Å². The van der Waals surface area contributed by atoms with Crippen molar-refractivity contribution in [2.45, 2.75) is 32.5 Å². The van der Waals surface area contributed by atoms with Gasteiger partial charge in [0.2, 0.25) is 0 Å². The Bertz CT molecular complexity index is 614. The molecule has 2 rings (SSSR count). The van der Waals surface area contributed by atoms with Crippen LogP contribution in [0.15, 0.2) is 36.1 Å². The van der Waals surface area contributed by atoms with Gasteiger partial charge in [-0.15, -0.1) is 0 Å². The normalized spacial score (nSPS) is 18.6. The third-order valence-corrected chi connectivity index (χ3v) is 3.96. The molecule has 4 nitrogen and oxygen atoms in total. The summed E-state index contributed by atoms with van der Waals surface area (Å²) in [6.45, 7) is 4.39. The molecule has 132 valence electrons. The Morgan fingerprint density at radius 1 is 1.42 bits per heavy atom. The molecule has 0 radical (unpaired) electrons. The maximum Gasteiger partial charge on any atom is 0.418 e. The summed E-state index contributed by atoms with van der Waals surface area (Å²) in [5.41, 5.74) is -0.646. The SMILES string of the molecule is C/C=C(\C)OCC(=O)N1CC[C@@H](Nc2ccccc2C(F)(F)F)C1. The molecule has 1 atom stereocenters. The van der Waals surface area contributed by atoms with Crippen LogP contribution in [0, 0.1) is 0 Å². The van der Waals surface area contributed by atoms with Gasteiger partial charge in [-0.05, 0) is 38.5 Å². The lowest BCUT2D eigenvalue weighted by Crippen LogP contribution is -2.34. The van der Waals surface area contributed by atoms with Crippen molar-refractivity contribution in [1.82, 2.24) is 4.90 Å². The fraction of sp³-hybridized carbons (Fsp3) is 0.471. The van der Waals surface area contributed by atoms with E-state index in [2.05, 4.69) is 5.32 Å². The number of allylic oxidation sites excluding steroid dienone is 2. The number of carbonyl (C=O) groups excluding carboxylic acids is 1. The smallest absolute Gasteiger partial charge is 0.418 e. The lowest BCUT2D eigenvalue weighted by Gasteiger charge is -2.20. The third kappa shape index (κ3) is 4.66. The third-order valence-electron chi connectivity index (χ3n) is 3.96. The zero-order valence-electron chi connectivity index (χ0n) is 13.7. The number of halogens is 3. The van der Waals surface area contributed by atoms with E-state index in [-0.39, 0.29) is 24.2 Å². The molecule has 0 saturated carbocycles. The van der Waals surface area contributed by atoms with E-state index in [9.17, 15) is 18.0 Å². The molecule has 0 aromatic heterocycles. The molecule has 1 aromatic rings. The molecule has 1 aliphatic heterocycles. The summed E-state index contributed by atoms with van der Waals surface area (Å²) in [5, 5.41) is 2.91. The van der Waals surface area contributed by atoms with E-state index >= 15 is 0 Å². The highest BCUT2D eigenvalue weighted by atomic mass is 19.4. The lowest BCUT2D eigenvalue weighted by molar-refractivity contribution is -0.137. The van der Waals surface area contributed by atoms with E-state index in [4.69, 9.17) is 4.74 Å². The van der Waals surface area contributed by atoms with E-state index in [0.717, 1.165) is 6.07 Å². The molecule has 1 fully saturated rings. The summed E-state index contributed by atoms with van der Waals surface area (Å²) >= 11 is 0.